The number of nitrogens with zero attached hydrogens (tertiary/aromatic N) is 5. The van der Waals surface area contributed by atoms with E-state index in [4.69, 9.17) is 10.3 Å². The second kappa shape index (κ2) is 5.99. The Hall–Kier alpha value is -2.25. The molecule has 0 saturated heterocycles. The zero-order valence-corrected chi connectivity index (χ0v) is 14.4. The van der Waals surface area contributed by atoms with Crippen LogP contribution in [-0.4, -0.2) is 24.9 Å². The summed E-state index contributed by atoms with van der Waals surface area (Å²) < 4.78 is 7.15. The minimum atomic E-state index is -0.418. The molecule has 3 heterocycles. The number of halogens is 1. The summed E-state index contributed by atoms with van der Waals surface area (Å²) in [4.78, 5) is 8.88. The third-order valence-electron chi connectivity index (χ3n) is 4.34. The lowest BCUT2D eigenvalue weighted by molar-refractivity contribution is 0.229. The zero-order chi connectivity index (χ0) is 16.0. The fraction of sp³-hybridized carbons (Fsp3) is 0.375. The van der Waals surface area contributed by atoms with Gasteiger partial charge in [-0.15, -0.1) is 12.4 Å². The van der Waals surface area contributed by atoms with E-state index in [1.165, 1.54) is 0 Å². The molecule has 3 aromatic heterocycles. The van der Waals surface area contributed by atoms with Crippen molar-refractivity contribution in [1.82, 2.24) is 24.9 Å². The molecule has 4 rings (SSSR count). The van der Waals surface area contributed by atoms with Crippen molar-refractivity contribution in [2.24, 2.45) is 5.73 Å². The molecule has 24 heavy (non-hydrogen) atoms. The van der Waals surface area contributed by atoms with Crippen molar-refractivity contribution in [1.29, 1.82) is 0 Å². The molecule has 7 nitrogen and oxygen atoms in total. The van der Waals surface area contributed by atoms with Crippen LogP contribution in [0.2, 0.25) is 0 Å². The number of hydrogen-bond acceptors (Lipinski definition) is 6. The highest BCUT2D eigenvalue weighted by molar-refractivity contribution is 5.85. The summed E-state index contributed by atoms with van der Waals surface area (Å²) in [6, 6.07) is 5.80. The molecule has 0 aliphatic heterocycles. The molecule has 8 heteroatoms. The van der Waals surface area contributed by atoms with E-state index in [0.717, 1.165) is 42.0 Å². The molecule has 126 valence electrons. The van der Waals surface area contributed by atoms with Crippen LogP contribution in [0.4, 0.5) is 0 Å². The predicted octanol–water partition coefficient (Wildman–Crippen LogP) is 2.69. The number of hydrogen-bond donors (Lipinski definition) is 1. The quantitative estimate of drug-likeness (QED) is 0.783. The molecule has 2 N–H and O–H groups in total. The molecular weight excluding hydrogens is 328 g/mol. The molecule has 3 aromatic rings. The highest BCUT2D eigenvalue weighted by atomic mass is 35.5. The second-order valence-corrected chi connectivity index (χ2v) is 6.18. The van der Waals surface area contributed by atoms with Crippen LogP contribution in [-0.2, 0) is 5.54 Å². The van der Waals surface area contributed by atoms with E-state index in [1.54, 1.807) is 6.20 Å². The maximum absolute atomic E-state index is 6.22. The molecule has 1 saturated carbocycles. The largest absolute Gasteiger partial charge is 0.334 e. The molecule has 0 unspecified atom stereocenters. The van der Waals surface area contributed by atoms with Crippen molar-refractivity contribution in [2.75, 3.05) is 0 Å². The summed E-state index contributed by atoms with van der Waals surface area (Å²) in [6.07, 6.45) is 4.63. The smallest absolute Gasteiger partial charge is 0.259 e. The van der Waals surface area contributed by atoms with Gasteiger partial charge in [-0.1, -0.05) is 5.16 Å². The van der Waals surface area contributed by atoms with Crippen LogP contribution in [0, 0.1) is 13.8 Å². The van der Waals surface area contributed by atoms with E-state index in [2.05, 4.69) is 20.2 Å². The van der Waals surface area contributed by atoms with Crippen molar-refractivity contribution in [3.05, 3.63) is 41.6 Å². The lowest BCUT2D eigenvalue weighted by atomic mass is 9.77. The van der Waals surface area contributed by atoms with Gasteiger partial charge in [-0.2, -0.15) is 10.1 Å². The summed E-state index contributed by atoms with van der Waals surface area (Å²) in [5, 5.41) is 8.45. The van der Waals surface area contributed by atoms with Crippen LogP contribution in [0.15, 0.2) is 28.9 Å². The van der Waals surface area contributed by atoms with Crippen molar-refractivity contribution >= 4 is 12.4 Å². The van der Waals surface area contributed by atoms with Gasteiger partial charge in [0.05, 0.1) is 16.8 Å². The molecule has 1 fully saturated rings. The van der Waals surface area contributed by atoms with Crippen molar-refractivity contribution < 1.29 is 4.52 Å². The summed E-state index contributed by atoms with van der Waals surface area (Å²) in [7, 11) is 0. The van der Waals surface area contributed by atoms with Crippen molar-refractivity contribution in [3.8, 4) is 17.3 Å². The van der Waals surface area contributed by atoms with Crippen LogP contribution in [0.25, 0.3) is 17.3 Å². The maximum Gasteiger partial charge on any atom is 0.259 e. The van der Waals surface area contributed by atoms with Crippen molar-refractivity contribution in [2.45, 2.75) is 38.6 Å². The fourth-order valence-corrected chi connectivity index (χ4v) is 2.82. The Morgan fingerprint density at radius 2 is 2.04 bits per heavy atom. The van der Waals surface area contributed by atoms with Gasteiger partial charge < -0.3 is 10.3 Å². The van der Waals surface area contributed by atoms with Crippen LogP contribution < -0.4 is 5.73 Å². The van der Waals surface area contributed by atoms with Gasteiger partial charge in [0.2, 0.25) is 0 Å². The number of nitrogens with two attached hydrogens (primary N) is 1. The highest BCUT2D eigenvalue weighted by Crippen LogP contribution is 2.37. The Balaban J connectivity index is 0.00000169. The SMILES string of the molecule is Cc1cc(C)n(-c2ccc(-c3nc(C4(N)CCC4)no3)cn2)n1.Cl. The molecule has 1 aliphatic rings. The summed E-state index contributed by atoms with van der Waals surface area (Å²) in [6.45, 7) is 3.96. The summed E-state index contributed by atoms with van der Waals surface area (Å²) >= 11 is 0. The van der Waals surface area contributed by atoms with Crippen LogP contribution >= 0.6 is 12.4 Å². The normalized spacial score (nSPS) is 15.6. The Morgan fingerprint density at radius 1 is 1.25 bits per heavy atom. The minimum Gasteiger partial charge on any atom is -0.334 e. The van der Waals surface area contributed by atoms with Crippen LogP contribution in [0.3, 0.4) is 0 Å². The predicted molar refractivity (Wildman–Crippen MR) is 91.1 cm³/mol. The first-order valence-corrected chi connectivity index (χ1v) is 7.68. The minimum absolute atomic E-state index is 0. The zero-order valence-electron chi connectivity index (χ0n) is 13.6. The number of aryl methyl sites for hydroxylation is 2. The van der Waals surface area contributed by atoms with Gasteiger partial charge in [0.1, 0.15) is 0 Å². The molecule has 0 spiro atoms. The van der Waals surface area contributed by atoms with Crippen molar-refractivity contribution in [3.63, 3.8) is 0 Å². The highest BCUT2D eigenvalue weighted by Gasteiger charge is 2.39. The summed E-state index contributed by atoms with van der Waals surface area (Å²) in [5.74, 6) is 1.79. The molecule has 0 bridgehead atoms. The van der Waals surface area contributed by atoms with Crippen LogP contribution in [0.5, 0.6) is 0 Å². The first-order chi connectivity index (χ1) is 11.0. The summed E-state index contributed by atoms with van der Waals surface area (Å²) in [5.41, 5.74) is 8.58. The van der Waals surface area contributed by atoms with E-state index in [0.29, 0.717) is 11.7 Å². The third-order valence-corrected chi connectivity index (χ3v) is 4.34. The van der Waals surface area contributed by atoms with E-state index >= 15 is 0 Å². The molecule has 0 atom stereocenters. The average Bonchev–Trinajstić information content (AvgIpc) is 3.12. The van der Waals surface area contributed by atoms with Gasteiger partial charge in [-0.05, 0) is 51.3 Å². The Kier molecular flexibility index (Phi) is 4.15. The topological polar surface area (TPSA) is 95.7 Å². The van der Waals surface area contributed by atoms with Gasteiger partial charge in [0, 0.05) is 11.9 Å². The Morgan fingerprint density at radius 3 is 2.58 bits per heavy atom. The monoisotopic (exact) mass is 346 g/mol. The number of rotatable bonds is 3. The number of aromatic nitrogens is 5. The van der Waals surface area contributed by atoms with Gasteiger partial charge in [-0.3, -0.25) is 0 Å². The lowest BCUT2D eigenvalue weighted by Crippen LogP contribution is -2.44. The Bertz CT molecular complexity index is 850. The first kappa shape index (κ1) is 16.6. The van der Waals surface area contributed by atoms with E-state index in [1.807, 2.05) is 36.7 Å². The first-order valence-electron chi connectivity index (χ1n) is 7.68. The van der Waals surface area contributed by atoms with E-state index in [-0.39, 0.29) is 12.4 Å². The van der Waals surface area contributed by atoms with Gasteiger partial charge in [0.25, 0.3) is 5.89 Å². The van der Waals surface area contributed by atoms with Crippen LogP contribution in [0.1, 0.15) is 36.5 Å². The van der Waals surface area contributed by atoms with E-state index < -0.39 is 5.54 Å². The molecule has 1 aliphatic carbocycles. The average molecular weight is 347 g/mol. The third kappa shape index (κ3) is 2.70. The fourth-order valence-electron chi connectivity index (χ4n) is 2.82. The molecule has 0 aromatic carbocycles. The number of pyridine rings is 1. The maximum atomic E-state index is 6.22. The lowest BCUT2D eigenvalue weighted by Gasteiger charge is -2.34. The second-order valence-electron chi connectivity index (χ2n) is 6.18. The Labute approximate surface area is 145 Å². The van der Waals surface area contributed by atoms with Gasteiger partial charge in [-0.25, -0.2) is 9.67 Å². The van der Waals surface area contributed by atoms with E-state index in [9.17, 15) is 0 Å². The standard InChI is InChI=1S/C16H18N6O.ClH/c1-10-8-11(2)22(20-10)13-5-4-12(9-18-13)14-19-15(21-23-14)16(17)6-3-7-16;/h4-5,8-9H,3,6-7,17H2,1-2H3;1H. The molecule has 0 amide bonds. The molecular formula is C16H19ClN6O. The molecule has 0 radical (unpaired) electrons. The van der Waals surface area contributed by atoms with Gasteiger partial charge >= 0.3 is 0 Å². The van der Waals surface area contributed by atoms with Gasteiger partial charge in [0.15, 0.2) is 11.6 Å².